The molecule has 0 N–H and O–H groups in total. The van der Waals surface area contributed by atoms with E-state index in [1.807, 2.05) is 0 Å². The van der Waals surface area contributed by atoms with Gasteiger partial charge in [0.2, 0.25) is 0 Å². The molecule has 0 radical (unpaired) electrons. The maximum atomic E-state index is 2.66. The zero-order chi connectivity index (χ0) is 76.7. The number of allylic oxidation sites excluding steroid dienone is 1. The molecule has 4 saturated carbocycles. The summed E-state index contributed by atoms with van der Waals surface area (Å²) in [6, 6.07) is 59.2. The highest BCUT2D eigenvalue weighted by atomic mass is 15.2. The van der Waals surface area contributed by atoms with E-state index >= 15 is 0 Å². The molecule has 4 aliphatic carbocycles. The number of likely N-dealkylation sites (N-methyl/N-ethyl adjacent to an activating group) is 3. The van der Waals surface area contributed by atoms with Crippen LogP contribution in [0.1, 0.15) is 233 Å². The Kier molecular flexibility index (Phi) is 29.9. The minimum absolute atomic E-state index is 0.506. The lowest BCUT2D eigenvalue weighted by molar-refractivity contribution is 0.0447. The Morgan fingerprint density at radius 2 is 0.963 bits per heavy atom. The van der Waals surface area contributed by atoms with Gasteiger partial charge in [0.1, 0.15) is 0 Å². The molecule has 16 unspecified atom stereocenters. The summed E-state index contributed by atoms with van der Waals surface area (Å²) < 4.78 is 0. The van der Waals surface area contributed by atoms with Gasteiger partial charge in [-0.2, -0.15) is 0 Å². The summed E-state index contributed by atoms with van der Waals surface area (Å²) in [5.74, 6) is 6.44. The van der Waals surface area contributed by atoms with Gasteiger partial charge >= 0.3 is 0 Å². The van der Waals surface area contributed by atoms with E-state index in [-0.39, 0.29) is 0 Å². The molecule has 0 aromatic heterocycles. The molecule has 9 aliphatic heterocycles. The molecule has 9 heteroatoms. The number of hydrogen-bond acceptors (Lipinski definition) is 9. The highest BCUT2D eigenvalue weighted by Gasteiger charge is 2.53. The van der Waals surface area contributed by atoms with Crippen LogP contribution in [0.25, 0.3) is 18.2 Å². The second-order valence-corrected chi connectivity index (χ2v) is 35.6. The van der Waals surface area contributed by atoms with Crippen molar-refractivity contribution < 1.29 is 0 Å². The molecule has 2 bridgehead atoms. The third-order valence-electron chi connectivity index (χ3n) is 28.9. The molecule has 3 saturated heterocycles. The molecular weight excluding hydrogens is 1320 g/mol. The molecule has 0 amide bonds. The number of anilines is 2. The average molecular weight is 1460 g/mol. The summed E-state index contributed by atoms with van der Waals surface area (Å²) in [5, 5.41) is 0. The summed E-state index contributed by atoms with van der Waals surface area (Å²) in [5.41, 5.74) is 18.5. The maximum absolute atomic E-state index is 2.66. The fourth-order valence-corrected chi connectivity index (χ4v) is 20.5. The van der Waals surface area contributed by atoms with E-state index in [0.29, 0.717) is 30.2 Å². The van der Waals surface area contributed by atoms with Crippen LogP contribution in [0.2, 0.25) is 0 Å². The molecular formula is C99H145N9. The third kappa shape index (κ3) is 20.8. The summed E-state index contributed by atoms with van der Waals surface area (Å²) in [7, 11) is 19.9. The zero-order valence-electron chi connectivity index (χ0n) is 70.8. The Labute approximate surface area is 658 Å². The van der Waals surface area contributed by atoms with Crippen LogP contribution in [0.5, 0.6) is 0 Å². The fraction of sp³-hybridized carbons (Fsp3) is 0.576. The van der Waals surface area contributed by atoms with E-state index in [1.165, 1.54) is 195 Å². The van der Waals surface area contributed by atoms with Gasteiger partial charge in [0.25, 0.3) is 0 Å². The van der Waals surface area contributed by atoms with Crippen LogP contribution in [0.4, 0.5) is 11.4 Å². The Balaban J connectivity index is 0.000000121. The topological polar surface area (TPSA) is 29.2 Å². The number of nitrogens with zero attached hydrogens (tertiary/aromatic N) is 9. The van der Waals surface area contributed by atoms with Gasteiger partial charge in [-0.1, -0.05) is 178 Å². The van der Waals surface area contributed by atoms with Crippen LogP contribution >= 0.6 is 0 Å². The Morgan fingerprint density at radius 1 is 0.370 bits per heavy atom. The normalized spacial score (nSPS) is 30.3. The molecule has 108 heavy (non-hydrogen) atoms. The minimum atomic E-state index is 0.506. The zero-order valence-corrected chi connectivity index (χ0v) is 70.8. The first-order valence-corrected chi connectivity index (χ1v) is 43.0. The molecule has 9 nitrogen and oxygen atoms in total. The van der Waals surface area contributed by atoms with E-state index in [1.54, 1.807) is 12.8 Å². The number of rotatable bonds is 0. The molecule has 19 rings (SSSR count). The smallest absolute Gasteiger partial charge is 0.0511 e. The van der Waals surface area contributed by atoms with Gasteiger partial charge in [-0.25, -0.2) is 0 Å². The molecule has 0 spiro atoms. The largest absolute Gasteiger partial charge is 0.374 e. The van der Waals surface area contributed by atoms with E-state index < -0.39 is 0 Å². The van der Waals surface area contributed by atoms with E-state index in [0.717, 1.165) is 78.8 Å². The van der Waals surface area contributed by atoms with Gasteiger partial charge < -0.3 is 34.3 Å². The summed E-state index contributed by atoms with van der Waals surface area (Å²) in [6.45, 7) is 25.3. The summed E-state index contributed by atoms with van der Waals surface area (Å²) >= 11 is 0. The van der Waals surface area contributed by atoms with Crippen LogP contribution in [0.3, 0.4) is 0 Å². The summed E-state index contributed by atoms with van der Waals surface area (Å²) in [4.78, 5) is 21.8. The minimum Gasteiger partial charge on any atom is -0.374 e. The van der Waals surface area contributed by atoms with Crippen molar-refractivity contribution in [3.8, 4) is 0 Å². The number of likely N-dealkylation sites (tertiary alicyclic amines) is 3. The number of benzene rings is 6. The van der Waals surface area contributed by atoms with E-state index in [9.17, 15) is 0 Å². The van der Waals surface area contributed by atoms with Crippen molar-refractivity contribution in [3.05, 3.63) is 219 Å². The maximum Gasteiger partial charge on any atom is 0.0511 e. The van der Waals surface area contributed by atoms with Gasteiger partial charge in [0.05, 0.1) is 6.04 Å². The lowest BCUT2D eigenvalue weighted by atomic mass is 9.73. The first kappa shape index (κ1) is 82.5. The van der Waals surface area contributed by atoms with Crippen molar-refractivity contribution in [2.45, 2.75) is 258 Å². The van der Waals surface area contributed by atoms with Gasteiger partial charge in [-0.3, -0.25) is 9.80 Å². The molecule has 586 valence electrons. The van der Waals surface area contributed by atoms with Crippen LogP contribution in [0, 0.1) is 35.5 Å². The molecule has 6 aromatic rings. The predicted octanol–water partition coefficient (Wildman–Crippen LogP) is 21.8. The number of piperidine rings is 2. The Bertz CT molecular complexity index is 3670. The Morgan fingerprint density at radius 3 is 1.69 bits per heavy atom. The van der Waals surface area contributed by atoms with Crippen LogP contribution < -0.4 is 9.80 Å². The number of aryl methyl sites for hydroxylation is 1. The lowest BCUT2D eigenvalue weighted by Gasteiger charge is -2.45. The molecule has 7 fully saturated rings. The van der Waals surface area contributed by atoms with E-state index in [2.05, 4.69) is 346 Å². The quantitative estimate of drug-likeness (QED) is 0.148. The van der Waals surface area contributed by atoms with Crippen molar-refractivity contribution in [2.24, 2.45) is 35.5 Å². The van der Waals surface area contributed by atoms with Gasteiger partial charge in [-0.15, -0.1) is 0 Å². The highest BCUT2D eigenvalue weighted by Crippen LogP contribution is 2.55. The van der Waals surface area contributed by atoms with Crippen molar-refractivity contribution in [1.29, 1.82) is 0 Å². The van der Waals surface area contributed by atoms with Crippen molar-refractivity contribution >= 4 is 29.6 Å². The third-order valence-corrected chi connectivity index (χ3v) is 28.9. The molecule has 13 aliphatic rings. The van der Waals surface area contributed by atoms with E-state index in [4.69, 9.17) is 0 Å². The summed E-state index contributed by atoms with van der Waals surface area (Å²) in [6.07, 6.45) is 38.3. The first-order valence-electron chi connectivity index (χ1n) is 43.0. The Hall–Kier alpha value is -6.46. The number of fused-ring (bicyclic) bond motifs is 13. The van der Waals surface area contributed by atoms with Crippen molar-refractivity contribution in [3.63, 3.8) is 0 Å². The fourth-order valence-electron chi connectivity index (χ4n) is 20.5. The second kappa shape index (κ2) is 39.1. The van der Waals surface area contributed by atoms with Gasteiger partial charge in [0.15, 0.2) is 0 Å². The standard InChI is InChI=1S/C11H19N.C11H21N.C11H15N.C11H13N.C11H15N.C11H13N.C11H21N.C11H15N.C11H13N/c1-7-5-10-8-3-4-9(6-8)11(10)12(7)2;3*1-9-7-10-5-3-4-6-11(10)8-12(9)2;2*1-9-11-6-4-3-5-10(11)7-8-12(9)2;3*1-9-7-8-10-5-3-4-6-11(10)12(9)2/h7-11H,3-6H2,1-2H3;9-11H,3-8H2,1-2H3;3-6,9H,7-8H2,1-2H3;3-7H,8H2,1-2H3;3-6,9H,7-8H2,1-2H3;3-9H,1-2H3;9-11H,3-8H2,1-2H3;3-6,9H,7-8H2,1-2H3;3-9H,1-2H3. The first-order chi connectivity index (χ1) is 52.0. The van der Waals surface area contributed by atoms with Gasteiger partial charge in [-0.05, 0) is 309 Å². The van der Waals surface area contributed by atoms with Crippen molar-refractivity contribution in [1.82, 2.24) is 34.3 Å². The van der Waals surface area contributed by atoms with Gasteiger partial charge in [0, 0.05) is 126 Å². The predicted molar refractivity (Wildman–Crippen MR) is 466 cm³/mol. The highest BCUT2D eigenvalue weighted by molar-refractivity contribution is 5.71. The SMILES string of the molecule is CC1=Cc2ccccc2CN1C.CC1C=Cc2ccccc2N1C.CC1CC2C3CCC(C3)C2N1C.CC1CC2CCCCC2CN1C.CC1CCC2CCCCC2N1C.CC1CCc2ccccc2N1C.CC1Cc2ccccc2CN1C.CC1c2ccccc2C=CN1C.CC1c2ccccc2CCN1C. The molecule has 16 atom stereocenters. The second-order valence-electron chi connectivity index (χ2n) is 35.6. The number of hydrogen-bond donors (Lipinski definition) is 0. The van der Waals surface area contributed by atoms with Crippen molar-refractivity contribution in [2.75, 3.05) is 86.3 Å². The van der Waals surface area contributed by atoms with Crippen LogP contribution in [0.15, 0.2) is 164 Å². The van der Waals surface area contributed by atoms with Crippen LogP contribution in [-0.2, 0) is 32.4 Å². The van der Waals surface area contributed by atoms with Crippen LogP contribution in [-0.4, -0.2) is 159 Å². The molecule has 9 heterocycles. The average Bonchev–Trinajstić information content (AvgIpc) is 1.59. The monoisotopic (exact) mass is 1460 g/mol. The molecule has 6 aromatic carbocycles. The lowest BCUT2D eigenvalue weighted by Crippen LogP contribution is -2.48. The number of para-hydroxylation sites is 2.